The lowest BCUT2D eigenvalue weighted by atomic mass is 10.1. The van der Waals surface area contributed by atoms with Crippen molar-refractivity contribution in [2.24, 2.45) is 5.92 Å². The number of anilines is 2. The van der Waals surface area contributed by atoms with Gasteiger partial charge in [0.25, 0.3) is 0 Å². The van der Waals surface area contributed by atoms with Gasteiger partial charge in [-0.05, 0) is 38.1 Å². The molecule has 108 valence electrons. The number of carboxylic acid groups (broad SMARTS) is 1. The van der Waals surface area contributed by atoms with Crippen LogP contribution in [-0.4, -0.2) is 29.7 Å². The predicted octanol–water partition coefficient (Wildman–Crippen LogP) is 1.91. The van der Waals surface area contributed by atoms with E-state index in [1.807, 2.05) is 0 Å². The number of nitrogens with one attached hydrogen (secondary N) is 2. The van der Waals surface area contributed by atoms with Crippen molar-refractivity contribution in [3.8, 4) is 0 Å². The minimum Gasteiger partial charge on any atom is -0.481 e. The van der Waals surface area contributed by atoms with E-state index in [1.54, 1.807) is 31.2 Å². The molecular formula is C13H16N2O5. The molecule has 0 aliphatic rings. The number of aliphatic carboxylic acids is 1. The van der Waals surface area contributed by atoms with Crippen molar-refractivity contribution in [3.63, 3.8) is 0 Å². The van der Waals surface area contributed by atoms with E-state index in [9.17, 15) is 14.4 Å². The van der Waals surface area contributed by atoms with Gasteiger partial charge < -0.3 is 15.2 Å². The summed E-state index contributed by atoms with van der Waals surface area (Å²) in [7, 11) is 0. The zero-order chi connectivity index (χ0) is 15.1. The molecule has 0 aromatic heterocycles. The Morgan fingerprint density at radius 1 is 1.15 bits per heavy atom. The molecule has 1 aromatic rings. The van der Waals surface area contributed by atoms with Crippen LogP contribution in [0.3, 0.4) is 0 Å². The van der Waals surface area contributed by atoms with E-state index in [1.165, 1.54) is 6.92 Å². The second kappa shape index (κ2) is 7.13. The van der Waals surface area contributed by atoms with Crippen LogP contribution < -0.4 is 10.6 Å². The van der Waals surface area contributed by atoms with Crippen LogP contribution in [0.4, 0.5) is 16.2 Å². The van der Waals surface area contributed by atoms with Gasteiger partial charge in [-0.15, -0.1) is 0 Å². The Labute approximate surface area is 115 Å². The first kappa shape index (κ1) is 15.5. The number of carbonyl (C=O) groups excluding carboxylic acids is 2. The summed E-state index contributed by atoms with van der Waals surface area (Å²) in [5, 5.41) is 13.7. The lowest BCUT2D eigenvalue weighted by molar-refractivity contribution is -0.144. The number of carboxylic acids is 1. The Bertz CT molecular complexity index is 498. The number of benzene rings is 1. The molecule has 0 saturated carbocycles. The number of hydrogen-bond donors (Lipinski definition) is 3. The van der Waals surface area contributed by atoms with Crippen molar-refractivity contribution in [2.75, 3.05) is 17.2 Å². The summed E-state index contributed by atoms with van der Waals surface area (Å²) >= 11 is 0. The van der Waals surface area contributed by atoms with E-state index in [0.717, 1.165) is 0 Å². The maximum atomic E-state index is 11.5. The molecule has 0 heterocycles. The van der Waals surface area contributed by atoms with Gasteiger partial charge in [-0.25, -0.2) is 4.79 Å². The van der Waals surface area contributed by atoms with Gasteiger partial charge in [0, 0.05) is 11.4 Å². The van der Waals surface area contributed by atoms with Crippen LogP contribution in [0, 0.1) is 5.92 Å². The summed E-state index contributed by atoms with van der Waals surface area (Å²) < 4.78 is 4.71. The lowest BCUT2D eigenvalue weighted by Gasteiger charge is -2.09. The lowest BCUT2D eigenvalue weighted by Crippen LogP contribution is -2.26. The fourth-order valence-electron chi connectivity index (χ4n) is 1.28. The predicted molar refractivity (Wildman–Crippen MR) is 72.5 cm³/mol. The maximum absolute atomic E-state index is 11.5. The van der Waals surface area contributed by atoms with Gasteiger partial charge in [-0.2, -0.15) is 0 Å². The van der Waals surface area contributed by atoms with Gasteiger partial charge in [-0.3, -0.25) is 14.9 Å². The van der Waals surface area contributed by atoms with Crippen molar-refractivity contribution in [3.05, 3.63) is 24.3 Å². The highest BCUT2D eigenvalue weighted by atomic mass is 16.5. The second-order valence-electron chi connectivity index (χ2n) is 3.97. The zero-order valence-corrected chi connectivity index (χ0v) is 11.2. The first-order valence-electron chi connectivity index (χ1n) is 6.01. The number of ether oxygens (including phenoxy) is 1. The van der Waals surface area contributed by atoms with Crippen molar-refractivity contribution in [1.29, 1.82) is 0 Å². The minimum atomic E-state index is -1.19. The van der Waals surface area contributed by atoms with Gasteiger partial charge in [0.1, 0.15) is 5.92 Å². The molecule has 1 rings (SSSR count). The molecule has 0 spiro atoms. The maximum Gasteiger partial charge on any atom is 0.411 e. The normalized spacial score (nSPS) is 11.3. The van der Waals surface area contributed by atoms with Crippen LogP contribution in [0.15, 0.2) is 24.3 Å². The Hall–Kier alpha value is -2.57. The van der Waals surface area contributed by atoms with Crippen molar-refractivity contribution >= 4 is 29.3 Å². The minimum absolute atomic E-state index is 0.271. The monoisotopic (exact) mass is 280 g/mol. The molecule has 7 nitrogen and oxygen atoms in total. The van der Waals surface area contributed by atoms with Crippen LogP contribution >= 0.6 is 0 Å². The van der Waals surface area contributed by atoms with Crippen molar-refractivity contribution < 1.29 is 24.2 Å². The molecule has 0 aliphatic carbocycles. The van der Waals surface area contributed by atoms with Crippen LogP contribution in [0.5, 0.6) is 0 Å². The molecule has 0 saturated heterocycles. The summed E-state index contributed by atoms with van der Waals surface area (Å²) in [5.41, 5.74) is 0.949. The Balaban J connectivity index is 2.61. The highest BCUT2D eigenvalue weighted by molar-refractivity contribution is 6.03. The summed E-state index contributed by atoms with van der Waals surface area (Å²) in [4.78, 5) is 33.3. The van der Waals surface area contributed by atoms with Crippen LogP contribution in [0.1, 0.15) is 13.8 Å². The third-order valence-electron chi connectivity index (χ3n) is 2.44. The average molecular weight is 280 g/mol. The third kappa shape index (κ3) is 4.60. The van der Waals surface area contributed by atoms with E-state index in [-0.39, 0.29) is 6.61 Å². The van der Waals surface area contributed by atoms with Crippen LogP contribution in [0.25, 0.3) is 0 Å². The van der Waals surface area contributed by atoms with Crippen molar-refractivity contribution in [1.82, 2.24) is 0 Å². The second-order valence-corrected chi connectivity index (χ2v) is 3.97. The summed E-state index contributed by atoms with van der Waals surface area (Å²) in [6, 6.07) is 6.23. The number of carbonyl (C=O) groups is 3. The van der Waals surface area contributed by atoms with Gasteiger partial charge >= 0.3 is 12.1 Å². The zero-order valence-electron chi connectivity index (χ0n) is 11.2. The molecule has 0 fully saturated rings. The first-order valence-corrected chi connectivity index (χ1v) is 6.01. The molecule has 2 amide bonds. The van der Waals surface area contributed by atoms with Crippen LogP contribution in [0.2, 0.25) is 0 Å². The number of amides is 2. The van der Waals surface area contributed by atoms with Crippen molar-refractivity contribution in [2.45, 2.75) is 13.8 Å². The summed E-state index contributed by atoms with van der Waals surface area (Å²) in [6.45, 7) is 3.27. The van der Waals surface area contributed by atoms with E-state index < -0.39 is 23.9 Å². The first-order chi connectivity index (χ1) is 9.43. The smallest absolute Gasteiger partial charge is 0.411 e. The molecule has 1 atom stereocenters. The molecule has 1 unspecified atom stereocenters. The van der Waals surface area contributed by atoms with E-state index in [4.69, 9.17) is 9.84 Å². The fourth-order valence-corrected chi connectivity index (χ4v) is 1.28. The SMILES string of the molecule is CCOC(=O)Nc1ccc(NC(=O)C(C)C(=O)O)cc1. The molecule has 0 aliphatic heterocycles. The molecule has 20 heavy (non-hydrogen) atoms. The van der Waals surface area contributed by atoms with Crippen LogP contribution in [-0.2, 0) is 14.3 Å². The molecule has 0 radical (unpaired) electrons. The Kier molecular flexibility index (Phi) is 5.52. The summed E-state index contributed by atoms with van der Waals surface area (Å²) in [6.07, 6.45) is -0.566. The quantitative estimate of drug-likeness (QED) is 0.714. The topological polar surface area (TPSA) is 105 Å². The molecular weight excluding hydrogens is 264 g/mol. The largest absolute Gasteiger partial charge is 0.481 e. The number of hydrogen-bond acceptors (Lipinski definition) is 4. The van der Waals surface area contributed by atoms with Gasteiger partial charge in [0.15, 0.2) is 0 Å². The highest BCUT2D eigenvalue weighted by Crippen LogP contribution is 2.14. The molecule has 1 aromatic carbocycles. The van der Waals surface area contributed by atoms with E-state index in [0.29, 0.717) is 11.4 Å². The fraction of sp³-hybridized carbons (Fsp3) is 0.308. The Morgan fingerprint density at radius 3 is 2.10 bits per heavy atom. The van der Waals surface area contributed by atoms with E-state index >= 15 is 0 Å². The molecule has 3 N–H and O–H groups in total. The van der Waals surface area contributed by atoms with E-state index in [2.05, 4.69) is 10.6 Å². The molecule has 0 bridgehead atoms. The molecule has 7 heteroatoms. The number of rotatable bonds is 5. The van der Waals surface area contributed by atoms with Gasteiger partial charge in [0.05, 0.1) is 6.61 Å². The highest BCUT2D eigenvalue weighted by Gasteiger charge is 2.20. The van der Waals surface area contributed by atoms with Gasteiger partial charge in [-0.1, -0.05) is 0 Å². The average Bonchev–Trinajstić information content (AvgIpc) is 2.40. The summed E-state index contributed by atoms with van der Waals surface area (Å²) in [5.74, 6) is -2.93. The van der Waals surface area contributed by atoms with Gasteiger partial charge in [0.2, 0.25) is 5.91 Å². The third-order valence-corrected chi connectivity index (χ3v) is 2.44. The Morgan fingerprint density at radius 2 is 1.65 bits per heavy atom. The standard InChI is InChI=1S/C13H16N2O5/c1-3-20-13(19)15-10-6-4-9(5-7-10)14-11(16)8(2)12(17)18/h4-8H,3H2,1-2H3,(H,14,16)(H,15,19)(H,17,18).